The summed E-state index contributed by atoms with van der Waals surface area (Å²) >= 11 is 3.12. The second-order valence-electron chi connectivity index (χ2n) is 5.88. The number of anilines is 2. The van der Waals surface area contributed by atoms with E-state index in [4.69, 9.17) is 5.73 Å². The second kappa shape index (κ2) is 7.03. The fourth-order valence-corrected chi connectivity index (χ4v) is 4.77. The maximum absolute atomic E-state index is 12.2. The Balaban J connectivity index is 2.15. The van der Waals surface area contributed by atoms with E-state index in [0.717, 1.165) is 16.4 Å². The van der Waals surface area contributed by atoms with Crippen LogP contribution in [0.2, 0.25) is 0 Å². The quantitative estimate of drug-likeness (QED) is 0.619. The molecule has 1 atom stereocenters. The van der Waals surface area contributed by atoms with Crippen LogP contribution in [0.25, 0.3) is 0 Å². The van der Waals surface area contributed by atoms with Crippen LogP contribution >= 0.6 is 23.1 Å². The molecule has 0 saturated carbocycles. The van der Waals surface area contributed by atoms with E-state index in [1.807, 2.05) is 20.1 Å². The van der Waals surface area contributed by atoms with E-state index < -0.39 is 0 Å². The predicted octanol–water partition coefficient (Wildman–Crippen LogP) is 3.40. The van der Waals surface area contributed by atoms with Crippen LogP contribution in [0.3, 0.4) is 0 Å². The van der Waals surface area contributed by atoms with E-state index in [1.54, 1.807) is 11.8 Å². The number of hydrogen-bond acceptors (Lipinski definition) is 6. The second-order valence-corrected chi connectivity index (χ2v) is 7.72. The average Bonchev–Trinajstić information content (AvgIpc) is 2.99. The molecule has 0 radical (unpaired) electrons. The number of nitrogens with zero attached hydrogens (tertiary/aromatic N) is 1. The summed E-state index contributed by atoms with van der Waals surface area (Å²) in [5, 5.41) is 4.56. The van der Waals surface area contributed by atoms with Gasteiger partial charge in [-0.2, -0.15) is 0 Å². The number of carbonyl (C=O) groups excluding carboxylic acids is 1. The highest BCUT2D eigenvalue weighted by Crippen LogP contribution is 2.42. The summed E-state index contributed by atoms with van der Waals surface area (Å²) < 4.78 is 0. The van der Waals surface area contributed by atoms with Crippen molar-refractivity contribution in [2.24, 2.45) is 5.92 Å². The van der Waals surface area contributed by atoms with Gasteiger partial charge in [-0.25, -0.2) is 0 Å². The average molecular weight is 328 g/mol. The van der Waals surface area contributed by atoms with Gasteiger partial charge >= 0.3 is 0 Å². The lowest BCUT2D eigenvalue weighted by Gasteiger charge is -2.20. The van der Waals surface area contributed by atoms with Crippen molar-refractivity contribution < 1.29 is 4.79 Å². The Bertz CT molecular complexity index is 513. The molecule has 0 aliphatic carbocycles. The first-order valence-corrected chi connectivity index (χ1v) is 9.44. The van der Waals surface area contributed by atoms with Crippen LogP contribution in [0.5, 0.6) is 0 Å². The summed E-state index contributed by atoms with van der Waals surface area (Å²) in [6, 6.07) is 0.576. The van der Waals surface area contributed by atoms with E-state index in [1.165, 1.54) is 30.7 Å². The number of nitrogens with one attached hydrogen (secondary N) is 1. The SMILES string of the molecule is CSc1c(NCC2CCCN2C)sc(C(=O)C(C)C)c1N. The van der Waals surface area contributed by atoms with Crippen LogP contribution in [-0.2, 0) is 0 Å². The van der Waals surface area contributed by atoms with E-state index in [2.05, 4.69) is 17.3 Å². The number of likely N-dealkylation sites (N-methyl/N-ethyl adjacent to an activating group) is 1. The molecule has 4 nitrogen and oxygen atoms in total. The van der Waals surface area contributed by atoms with Crippen LogP contribution in [0.1, 0.15) is 36.4 Å². The largest absolute Gasteiger partial charge is 0.396 e. The zero-order valence-electron chi connectivity index (χ0n) is 13.2. The molecule has 2 rings (SSSR count). The first-order valence-electron chi connectivity index (χ1n) is 7.40. The molecular weight excluding hydrogens is 302 g/mol. The van der Waals surface area contributed by atoms with Crippen LogP contribution in [0.15, 0.2) is 4.90 Å². The molecule has 1 fully saturated rings. The third-order valence-electron chi connectivity index (χ3n) is 4.02. The van der Waals surface area contributed by atoms with Gasteiger partial charge in [0, 0.05) is 18.5 Å². The maximum Gasteiger partial charge on any atom is 0.177 e. The van der Waals surface area contributed by atoms with Gasteiger partial charge in [0.15, 0.2) is 5.78 Å². The van der Waals surface area contributed by atoms with Crippen LogP contribution in [-0.4, -0.2) is 43.1 Å². The Labute approximate surface area is 135 Å². The monoisotopic (exact) mass is 327 g/mol. The van der Waals surface area contributed by atoms with Crippen molar-refractivity contribution in [1.82, 2.24) is 4.90 Å². The molecular formula is C15H25N3OS2. The third kappa shape index (κ3) is 3.55. The highest BCUT2D eigenvalue weighted by Gasteiger charge is 2.24. The molecule has 0 bridgehead atoms. The summed E-state index contributed by atoms with van der Waals surface area (Å²) in [7, 11) is 2.17. The first kappa shape index (κ1) is 16.6. The first-order chi connectivity index (χ1) is 9.95. The van der Waals surface area contributed by atoms with Crippen LogP contribution in [0, 0.1) is 5.92 Å². The van der Waals surface area contributed by atoms with Gasteiger partial charge in [-0.1, -0.05) is 13.8 Å². The Hall–Kier alpha value is -0.720. The molecule has 0 aromatic carbocycles. The number of Topliss-reactive ketones (excluding diaryl/α,β-unsaturated/α-hetero) is 1. The smallest absolute Gasteiger partial charge is 0.177 e. The van der Waals surface area contributed by atoms with Gasteiger partial charge in [0.1, 0.15) is 5.00 Å². The van der Waals surface area contributed by atoms with Crippen molar-refractivity contribution >= 4 is 39.6 Å². The normalized spacial score (nSPS) is 19.4. The van der Waals surface area contributed by atoms with Gasteiger partial charge in [-0.3, -0.25) is 4.79 Å². The summed E-state index contributed by atoms with van der Waals surface area (Å²) in [6.07, 6.45) is 4.51. The fraction of sp³-hybridized carbons (Fsp3) is 0.667. The van der Waals surface area contributed by atoms with Gasteiger partial charge in [-0.15, -0.1) is 23.1 Å². The number of likely N-dealkylation sites (tertiary alicyclic amines) is 1. The number of nitrogens with two attached hydrogens (primary N) is 1. The van der Waals surface area contributed by atoms with Crippen LogP contribution < -0.4 is 11.1 Å². The number of nitrogen functional groups attached to an aromatic ring is 1. The topological polar surface area (TPSA) is 58.4 Å². The highest BCUT2D eigenvalue weighted by molar-refractivity contribution is 7.99. The van der Waals surface area contributed by atoms with Crippen molar-refractivity contribution in [3.05, 3.63) is 4.88 Å². The Kier molecular flexibility index (Phi) is 5.57. The van der Waals surface area contributed by atoms with E-state index in [9.17, 15) is 4.79 Å². The number of thiophene rings is 1. The minimum absolute atomic E-state index is 0.0190. The zero-order chi connectivity index (χ0) is 15.6. The van der Waals surface area contributed by atoms with Crippen molar-refractivity contribution in [3.8, 4) is 0 Å². The van der Waals surface area contributed by atoms with Crippen LogP contribution in [0.4, 0.5) is 10.7 Å². The molecule has 21 heavy (non-hydrogen) atoms. The molecule has 0 spiro atoms. The molecule has 118 valence electrons. The molecule has 1 aromatic rings. The zero-order valence-corrected chi connectivity index (χ0v) is 14.9. The van der Waals surface area contributed by atoms with Gasteiger partial charge in [0.2, 0.25) is 0 Å². The fourth-order valence-electron chi connectivity index (χ4n) is 2.64. The molecule has 1 unspecified atom stereocenters. The van der Waals surface area contributed by atoms with Gasteiger partial charge in [0.05, 0.1) is 15.5 Å². The lowest BCUT2D eigenvalue weighted by atomic mass is 10.1. The molecule has 1 aromatic heterocycles. The van der Waals surface area contributed by atoms with E-state index >= 15 is 0 Å². The van der Waals surface area contributed by atoms with Gasteiger partial charge < -0.3 is 16.0 Å². The number of hydrogen-bond donors (Lipinski definition) is 2. The third-order valence-corrected chi connectivity index (χ3v) is 6.16. The molecule has 2 heterocycles. The Morgan fingerprint density at radius 2 is 2.29 bits per heavy atom. The Morgan fingerprint density at radius 1 is 1.57 bits per heavy atom. The van der Waals surface area contributed by atoms with Crippen molar-refractivity contribution in [1.29, 1.82) is 0 Å². The summed E-state index contributed by atoms with van der Waals surface area (Å²) in [6.45, 7) is 5.92. The number of carbonyl (C=O) groups is 1. The molecule has 1 saturated heterocycles. The van der Waals surface area contributed by atoms with E-state index in [-0.39, 0.29) is 11.7 Å². The summed E-state index contributed by atoms with van der Waals surface area (Å²) in [4.78, 5) is 16.4. The lowest BCUT2D eigenvalue weighted by Crippen LogP contribution is -2.31. The highest BCUT2D eigenvalue weighted by atomic mass is 32.2. The number of thioether (sulfide) groups is 1. The van der Waals surface area contributed by atoms with Crippen molar-refractivity contribution in [3.63, 3.8) is 0 Å². The van der Waals surface area contributed by atoms with Crippen molar-refractivity contribution in [2.45, 2.75) is 37.6 Å². The number of rotatable bonds is 6. The molecule has 3 N–H and O–H groups in total. The van der Waals surface area contributed by atoms with Gasteiger partial charge in [0.25, 0.3) is 0 Å². The number of ketones is 1. The standard InChI is InChI=1S/C15H25N3OS2/c1-9(2)12(19)13-11(16)14(20-4)15(21-13)17-8-10-6-5-7-18(10)3/h9-10,17H,5-8,16H2,1-4H3. The van der Waals surface area contributed by atoms with Gasteiger partial charge in [-0.05, 0) is 32.7 Å². The summed E-state index contributed by atoms with van der Waals surface area (Å²) in [5.74, 6) is 0.119. The predicted molar refractivity (Wildman–Crippen MR) is 93.8 cm³/mol. The minimum Gasteiger partial charge on any atom is -0.396 e. The van der Waals surface area contributed by atoms with Crippen molar-refractivity contribution in [2.75, 3.05) is 37.4 Å². The maximum atomic E-state index is 12.2. The molecule has 0 amide bonds. The molecule has 1 aliphatic heterocycles. The van der Waals surface area contributed by atoms with E-state index in [0.29, 0.717) is 16.6 Å². The lowest BCUT2D eigenvalue weighted by molar-refractivity contribution is 0.0944. The minimum atomic E-state index is -0.0190. The Morgan fingerprint density at radius 3 is 2.81 bits per heavy atom. The summed E-state index contributed by atoms with van der Waals surface area (Å²) in [5.41, 5.74) is 6.83. The molecule has 6 heteroatoms. The molecule has 1 aliphatic rings.